The first-order valence-electron chi connectivity index (χ1n) is 7.03. The summed E-state index contributed by atoms with van der Waals surface area (Å²) in [4.78, 5) is 25.4. The molecule has 0 radical (unpaired) electrons. The van der Waals surface area contributed by atoms with Crippen molar-refractivity contribution in [2.24, 2.45) is 17.8 Å². The van der Waals surface area contributed by atoms with Gasteiger partial charge in [-0.2, -0.15) is 0 Å². The fourth-order valence-electron chi connectivity index (χ4n) is 3.26. The van der Waals surface area contributed by atoms with Gasteiger partial charge < -0.3 is 14.4 Å². The second kappa shape index (κ2) is 6.37. The van der Waals surface area contributed by atoms with Crippen LogP contribution < -0.4 is 0 Å². The fraction of sp³-hybridized carbons (Fsp3) is 0.857. The minimum Gasteiger partial charge on any atom is -0.469 e. The monoisotopic (exact) mass is 269 g/mol. The zero-order valence-corrected chi connectivity index (χ0v) is 11.8. The van der Waals surface area contributed by atoms with Gasteiger partial charge in [0.15, 0.2) is 0 Å². The highest BCUT2D eigenvalue weighted by atomic mass is 16.5. The Hall–Kier alpha value is -1.10. The van der Waals surface area contributed by atoms with Crippen molar-refractivity contribution in [3.63, 3.8) is 0 Å². The molecule has 2 aliphatic carbocycles. The van der Waals surface area contributed by atoms with Crippen molar-refractivity contribution in [1.29, 1.82) is 0 Å². The minimum absolute atomic E-state index is 0.204. The zero-order valence-electron chi connectivity index (χ0n) is 11.8. The maximum atomic E-state index is 12.4. The van der Waals surface area contributed by atoms with Gasteiger partial charge in [0, 0.05) is 26.1 Å². The standard InChI is InChI=1S/C14H23NO4/c1-18-9-8-15(7-6-12(16)19-2)14(17)13-10-4-3-5-11(10)13/h10-11,13H,3-9H2,1-2H3. The van der Waals surface area contributed by atoms with Crippen molar-refractivity contribution in [2.45, 2.75) is 25.7 Å². The van der Waals surface area contributed by atoms with Crippen molar-refractivity contribution in [2.75, 3.05) is 33.9 Å². The SMILES string of the molecule is COCCN(CCC(=O)OC)C(=O)C1C2CCCC21. The minimum atomic E-state index is -0.272. The van der Waals surface area contributed by atoms with Gasteiger partial charge in [0.2, 0.25) is 5.91 Å². The number of hydrogen-bond acceptors (Lipinski definition) is 4. The van der Waals surface area contributed by atoms with Gasteiger partial charge in [-0.15, -0.1) is 0 Å². The molecule has 5 nitrogen and oxygen atoms in total. The third kappa shape index (κ3) is 3.26. The molecule has 0 aliphatic heterocycles. The summed E-state index contributed by atoms with van der Waals surface area (Å²) < 4.78 is 9.67. The van der Waals surface area contributed by atoms with Gasteiger partial charge >= 0.3 is 5.97 Å². The number of methoxy groups -OCH3 is 2. The van der Waals surface area contributed by atoms with E-state index in [4.69, 9.17) is 4.74 Å². The summed E-state index contributed by atoms with van der Waals surface area (Å²) in [6.45, 7) is 1.50. The molecule has 0 spiro atoms. The summed E-state index contributed by atoms with van der Waals surface area (Å²) >= 11 is 0. The van der Waals surface area contributed by atoms with Crippen molar-refractivity contribution in [1.82, 2.24) is 4.90 Å². The van der Waals surface area contributed by atoms with E-state index in [1.807, 2.05) is 0 Å². The summed E-state index contributed by atoms with van der Waals surface area (Å²) in [5, 5.41) is 0. The van der Waals surface area contributed by atoms with Crippen LogP contribution in [0.5, 0.6) is 0 Å². The van der Waals surface area contributed by atoms with Gasteiger partial charge in [-0.05, 0) is 24.7 Å². The number of nitrogens with zero attached hydrogens (tertiary/aromatic N) is 1. The largest absolute Gasteiger partial charge is 0.469 e. The van der Waals surface area contributed by atoms with Crippen molar-refractivity contribution in [3.05, 3.63) is 0 Å². The summed E-state index contributed by atoms with van der Waals surface area (Å²) in [6, 6.07) is 0. The Kier molecular flexibility index (Phi) is 4.80. The first-order valence-corrected chi connectivity index (χ1v) is 7.03. The van der Waals surface area contributed by atoms with E-state index < -0.39 is 0 Å². The molecule has 2 aliphatic rings. The first-order chi connectivity index (χ1) is 9.19. The van der Waals surface area contributed by atoms with Crippen LogP contribution in [-0.2, 0) is 19.1 Å². The van der Waals surface area contributed by atoms with Crippen LogP contribution in [0.15, 0.2) is 0 Å². The molecule has 2 rings (SSSR count). The molecule has 1 amide bonds. The van der Waals surface area contributed by atoms with E-state index in [1.165, 1.54) is 26.4 Å². The highest BCUT2D eigenvalue weighted by Crippen LogP contribution is 2.58. The molecule has 0 aromatic heterocycles. The van der Waals surface area contributed by atoms with Gasteiger partial charge in [-0.1, -0.05) is 6.42 Å². The van der Waals surface area contributed by atoms with Crippen molar-refractivity contribution in [3.8, 4) is 0 Å². The van der Waals surface area contributed by atoms with E-state index in [-0.39, 0.29) is 24.2 Å². The van der Waals surface area contributed by atoms with Gasteiger partial charge in [0.25, 0.3) is 0 Å². The third-order valence-electron chi connectivity index (χ3n) is 4.38. The molecule has 19 heavy (non-hydrogen) atoms. The molecule has 0 bridgehead atoms. The highest BCUT2D eigenvalue weighted by Gasteiger charge is 2.57. The van der Waals surface area contributed by atoms with Crippen LogP contribution in [-0.4, -0.2) is 50.7 Å². The van der Waals surface area contributed by atoms with Gasteiger partial charge in [-0.25, -0.2) is 0 Å². The number of rotatable bonds is 7. The third-order valence-corrected chi connectivity index (χ3v) is 4.38. The van der Waals surface area contributed by atoms with Crippen LogP contribution >= 0.6 is 0 Å². The number of carbonyl (C=O) groups excluding carboxylic acids is 2. The van der Waals surface area contributed by atoms with Gasteiger partial charge in [0.05, 0.1) is 20.1 Å². The Balaban J connectivity index is 1.85. The lowest BCUT2D eigenvalue weighted by Crippen LogP contribution is -2.37. The predicted octanol–water partition coefficient (Wildman–Crippen LogP) is 1.07. The summed E-state index contributed by atoms with van der Waals surface area (Å²) in [5.74, 6) is 1.36. The average Bonchev–Trinajstić information content (AvgIpc) is 2.90. The van der Waals surface area contributed by atoms with Crippen LogP contribution in [0.3, 0.4) is 0 Å². The zero-order chi connectivity index (χ0) is 13.8. The molecular weight excluding hydrogens is 246 g/mol. The maximum Gasteiger partial charge on any atom is 0.307 e. The topological polar surface area (TPSA) is 55.8 Å². The molecule has 108 valence electrons. The van der Waals surface area contributed by atoms with E-state index in [0.29, 0.717) is 31.5 Å². The quantitative estimate of drug-likeness (QED) is 0.649. The lowest BCUT2D eigenvalue weighted by molar-refractivity contribution is -0.142. The Morgan fingerprint density at radius 1 is 1.16 bits per heavy atom. The van der Waals surface area contributed by atoms with E-state index in [9.17, 15) is 9.59 Å². The smallest absolute Gasteiger partial charge is 0.307 e. The molecule has 0 saturated heterocycles. The number of esters is 1. The molecule has 2 atom stereocenters. The van der Waals surface area contributed by atoms with E-state index >= 15 is 0 Å². The molecule has 2 unspecified atom stereocenters. The van der Waals surface area contributed by atoms with Gasteiger partial charge in [-0.3, -0.25) is 9.59 Å². The maximum absolute atomic E-state index is 12.4. The number of amides is 1. The number of carbonyl (C=O) groups is 2. The van der Waals surface area contributed by atoms with E-state index in [1.54, 1.807) is 12.0 Å². The molecule has 0 heterocycles. The van der Waals surface area contributed by atoms with Crippen molar-refractivity contribution >= 4 is 11.9 Å². The number of fused-ring (bicyclic) bond motifs is 1. The van der Waals surface area contributed by atoms with Crippen molar-refractivity contribution < 1.29 is 19.1 Å². The molecule has 5 heteroatoms. The Morgan fingerprint density at radius 2 is 1.84 bits per heavy atom. The predicted molar refractivity (Wildman–Crippen MR) is 69.4 cm³/mol. The van der Waals surface area contributed by atoms with Crippen LogP contribution in [0.25, 0.3) is 0 Å². The molecule has 0 N–H and O–H groups in total. The molecule has 0 aromatic carbocycles. The van der Waals surface area contributed by atoms with Crippen LogP contribution in [0.2, 0.25) is 0 Å². The summed E-state index contributed by atoms with van der Waals surface area (Å²) in [7, 11) is 2.99. The van der Waals surface area contributed by atoms with E-state index in [2.05, 4.69) is 4.74 Å². The lowest BCUT2D eigenvalue weighted by atomic mass is 10.1. The Labute approximate surface area is 114 Å². The normalized spacial score (nSPS) is 27.8. The highest BCUT2D eigenvalue weighted by molar-refractivity contribution is 5.83. The van der Waals surface area contributed by atoms with Crippen LogP contribution in [0.4, 0.5) is 0 Å². The number of ether oxygens (including phenoxy) is 2. The summed E-state index contributed by atoms with van der Waals surface area (Å²) in [5.41, 5.74) is 0. The van der Waals surface area contributed by atoms with Gasteiger partial charge in [0.1, 0.15) is 0 Å². The second-order valence-electron chi connectivity index (χ2n) is 5.43. The van der Waals surface area contributed by atoms with E-state index in [0.717, 1.165) is 0 Å². The average molecular weight is 269 g/mol. The summed E-state index contributed by atoms with van der Waals surface area (Å²) in [6.07, 6.45) is 3.90. The molecule has 0 aromatic rings. The number of hydrogen-bond donors (Lipinski definition) is 0. The Morgan fingerprint density at radius 3 is 2.42 bits per heavy atom. The lowest BCUT2D eigenvalue weighted by Gasteiger charge is -2.22. The van der Waals surface area contributed by atoms with Crippen LogP contribution in [0.1, 0.15) is 25.7 Å². The molecule has 2 saturated carbocycles. The van der Waals surface area contributed by atoms with Crippen LogP contribution in [0, 0.1) is 17.8 Å². The second-order valence-corrected chi connectivity index (χ2v) is 5.43. The first kappa shape index (κ1) is 14.3. The fourth-order valence-corrected chi connectivity index (χ4v) is 3.26. The Bertz CT molecular complexity index is 334. The molecule has 2 fully saturated rings. The molecular formula is C14H23NO4.